The fourth-order valence-corrected chi connectivity index (χ4v) is 0.982. The van der Waals surface area contributed by atoms with Gasteiger partial charge in [-0.3, -0.25) is 0 Å². The first-order chi connectivity index (χ1) is 5.25. The monoisotopic (exact) mass is 169 g/mol. The van der Waals surface area contributed by atoms with Crippen LogP contribution in [0.5, 0.6) is 0 Å². The summed E-state index contributed by atoms with van der Waals surface area (Å²) in [7, 11) is 0. The second kappa shape index (κ2) is 3.36. The van der Waals surface area contributed by atoms with Gasteiger partial charge in [-0.15, -0.1) is 0 Å². The summed E-state index contributed by atoms with van der Waals surface area (Å²) in [5, 5.41) is 8.52. The molecule has 0 aromatic heterocycles. The summed E-state index contributed by atoms with van der Waals surface area (Å²) in [6, 6.07) is 7.86. The highest BCUT2D eigenvalue weighted by molar-refractivity contribution is 6.31. The molecular formula is C8H5ClFN. The molecule has 1 atom stereocenters. The van der Waals surface area contributed by atoms with Gasteiger partial charge in [-0.25, -0.2) is 4.39 Å². The van der Waals surface area contributed by atoms with Crippen LogP contribution in [0, 0.1) is 11.3 Å². The number of rotatable bonds is 1. The summed E-state index contributed by atoms with van der Waals surface area (Å²) < 4.78 is 12.7. The van der Waals surface area contributed by atoms with Crippen molar-refractivity contribution in [2.75, 3.05) is 0 Å². The van der Waals surface area contributed by atoms with Crippen molar-refractivity contribution in [3.8, 4) is 6.07 Å². The molecule has 1 aromatic carbocycles. The van der Waals surface area contributed by atoms with Crippen LogP contribution < -0.4 is 0 Å². The predicted octanol–water partition coefficient (Wildman–Crippen LogP) is 2.87. The Labute approximate surface area is 69.0 Å². The molecule has 0 aliphatic carbocycles. The van der Waals surface area contributed by atoms with Crippen molar-refractivity contribution >= 4 is 11.6 Å². The van der Waals surface area contributed by atoms with Crippen LogP contribution in [0.2, 0.25) is 5.02 Å². The third kappa shape index (κ3) is 1.69. The quantitative estimate of drug-likeness (QED) is 0.634. The number of benzene rings is 1. The summed E-state index contributed by atoms with van der Waals surface area (Å²) in [6.07, 6.45) is -1.62. The van der Waals surface area contributed by atoms with Crippen molar-refractivity contribution < 1.29 is 4.39 Å². The van der Waals surface area contributed by atoms with E-state index in [1.165, 1.54) is 12.1 Å². The lowest BCUT2D eigenvalue weighted by atomic mass is 10.1. The summed E-state index contributed by atoms with van der Waals surface area (Å²) in [4.78, 5) is 0. The van der Waals surface area contributed by atoms with E-state index >= 15 is 0 Å². The Bertz CT molecular complexity index is 292. The zero-order chi connectivity index (χ0) is 8.27. The molecule has 0 heterocycles. The molecule has 1 unspecified atom stereocenters. The maximum absolute atomic E-state index is 12.7. The molecule has 0 saturated carbocycles. The Balaban J connectivity index is 3.05. The molecule has 1 aromatic rings. The predicted molar refractivity (Wildman–Crippen MR) is 40.9 cm³/mol. The van der Waals surface area contributed by atoms with E-state index in [1.807, 2.05) is 0 Å². The fraction of sp³-hybridized carbons (Fsp3) is 0.125. The lowest BCUT2D eigenvalue weighted by molar-refractivity contribution is 0.424. The van der Waals surface area contributed by atoms with E-state index in [4.69, 9.17) is 16.9 Å². The summed E-state index contributed by atoms with van der Waals surface area (Å²) in [6.45, 7) is 0. The van der Waals surface area contributed by atoms with Gasteiger partial charge < -0.3 is 0 Å². The van der Waals surface area contributed by atoms with Gasteiger partial charge in [-0.2, -0.15) is 5.26 Å². The minimum atomic E-state index is -1.62. The van der Waals surface area contributed by atoms with Crippen molar-refractivity contribution in [1.82, 2.24) is 0 Å². The summed E-state index contributed by atoms with van der Waals surface area (Å²) in [5.74, 6) is 0. The Hall–Kier alpha value is -1.07. The normalized spacial score (nSPS) is 12.1. The minimum Gasteiger partial charge on any atom is -0.226 e. The van der Waals surface area contributed by atoms with Crippen molar-refractivity contribution in [1.29, 1.82) is 5.26 Å². The van der Waals surface area contributed by atoms with Gasteiger partial charge in [0.1, 0.15) is 6.07 Å². The molecule has 11 heavy (non-hydrogen) atoms. The molecule has 3 heteroatoms. The maximum atomic E-state index is 12.7. The highest BCUT2D eigenvalue weighted by atomic mass is 35.5. The molecule has 0 aliphatic rings. The van der Waals surface area contributed by atoms with E-state index in [0.29, 0.717) is 5.02 Å². The van der Waals surface area contributed by atoms with Gasteiger partial charge in [0.15, 0.2) is 0 Å². The molecule has 0 saturated heterocycles. The van der Waals surface area contributed by atoms with Crippen molar-refractivity contribution in [3.05, 3.63) is 34.9 Å². The Morgan fingerprint density at radius 2 is 2.09 bits per heavy atom. The molecule has 0 radical (unpaired) electrons. The first-order valence-corrected chi connectivity index (χ1v) is 3.41. The molecule has 56 valence electrons. The highest BCUT2D eigenvalue weighted by Gasteiger charge is 2.10. The largest absolute Gasteiger partial charge is 0.226 e. The SMILES string of the molecule is N#CC(F)c1ccccc1Cl. The van der Waals surface area contributed by atoms with Crippen LogP contribution in [-0.4, -0.2) is 0 Å². The molecular weight excluding hydrogens is 165 g/mol. The maximum Gasteiger partial charge on any atom is 0.212 e. The number of nitrogens with zero attached hydrogens (tertiary/aromatic N) is 1. The third-order valence-corrected chi connectivity index (χ3v) is 1.64. The third-order valence-electron chi connectivity index (χ3n) is 1.29. The molecule has 0 spiro atoms. The average Bonchev–Trinajstić information content (AvgIpc) is 2.04. The first kappa shape index (κ1) is 8.03. The topological polar surface area (TPSA) is 23.8 Å². The smallest absolute Gasteiger partial charge is 0.212 e. The van der Waals surface area contributed by atoms with Gasteiger partial charge in [-0.1, -0.05) is 29.8 Å². The average molecular weight is 170 g/mol. The van der Waals surface area contributed by atoms with Gasteiger partial charge in [0.2, 0.25) is 6.17 Å². The van der Waals surface area contributed by atoms with E-state index < -0.39 is 6.17 Å². The van der Waals surface area contributed by atoms with Gasteiger partial charge >= 0.3 is 0 Å². The molecule has 0 N–H and O–H groups in total. The van der Waals surface area contributed by atoms with Gasteiger partial charge in [0.25, 0.3) is 0 Å². The van der Waals surface area contributed by atoms with Crippen LogP contribution in [0.25, 0.3) is 0 Å². The Morgan fingerprint density at radius 3 is 2.64 bits per heavy atom. The standard InChI is InChI=1S/C8H5ClFN/c9-7-4-2-1-3-6(7)8(10)5-11/h1-4,8H. The van der Waals surface area contributed by atoms with Crippen LogP contribution in [0.15, 0.2) is 24.3 Å². The van der Waals surface area contributed by atoms with Crippen molar-refractivity contribution in [2.45, 2.75) is 6.17 Å². The molecule has 0 aliphatic heterocycles. The molecule has 0 amide bonds. The first-order valence-electron chi connectivity index (χ1n) is 3.04. The second-order valence-corrected chi connectivity index (χ2v) is 2.42. The second-order valence-electron chi connectivity index (χ2n) is 2.01. The highest BCUT2D eigenvalue weighted by Crippen LogP contribution is 2.24. The van der Waals surface area contributed by atoms with Gasteiger partial charge in [-0.05, 0) is 6.07 Å². The number of halogens is 2. The van der Waals surface area contributed by atoms with E-state index in [9.17, 15) is 4.39 Å². The molecule has 1 nitrogen and oxygen atoms in total. The summed E-state index contributed by atoms with van der Waals surface area (Å²) in [5.41, 5.74) is 0.233. The van der Waals surface area contributed by atoms with Crippen LogP contribution in [0.4, 0.5) is 4.39 Å². The van der Waals surface area contributed by atoms with Crippen molar-refractivity contribution in [3.63, 3.8) is 0 Å². The molecule has 0 fully saturated rings. The van der Waals surface area contributed by atoms with Gasteiger partial charge in [0.05, 0.1) is 0 Å². The van der Waals surface area contributed by atoms with E-state index in [1.54, 1.807) is 18.2 Å². The lowest BCUT2D eigenvalue weighted by Gasteiger charge is -2.00. The number of alkyl halides is 1. The van der Waals surface area contributed by atoms with E-state index in [2.05, 4.69) is 0 Å². The van der Waals surface area contributed by atoms with Crippen molar-refractivity contribution in [2.24, 2.45) is 0 Å². The van der Waals surface area contributed by atoms with Crippen LogP contribution in [0.3, 0.4) is 0 Å². The van der Waals surface area contributed by atoms with Crippen LogP contribution >= 0.6 is 11.6 Å². The summed E-state index contributed by atoms with van der Waals surface area (Å²) >= 11 is 5.61. The van der Waals surface area contributed by atoms with Gasteiger partial charge in [0, 0.05) is 10.6 Å². The number of hydrogen-bond donors (Lipinski definition) is 0. The van der Waals surface area contributed by atoms with Crippen LogP contribution in [-0.2, 0) is 0 Å². The number of nitriles is 1. The van der Waals surface area contributed by atoms with E-state index in [0.717, 1.165) is 0 Å². The van der Waals surface area contributed by atoms with E-state index in [-0.39, 0.29) is 5.56 Å². The van der Waals surface area contributed by atoms with Crippen LogP contribution in [0.1, 0.15) is 11.7 Å². The Kier molecular flexibility index (Phi) is 2.45. The molecule has 0 bridgehead atoms. The molecule has 1 rings (SSSR count). The Morgan fingerprint density at radius 1 is 1.45 bits per heavy atom. The minimum absolute atomic E-state index is 0.233. The number of hydrogen-bond acceptors (Lipinski definition) is 1. The zero-order valence-corrected chi connectivity index (χ0v) is 6.35. The zero-order valence-electron chi connectivity index (χ0n) is 5.59. The fourth-order valence-electron chi connectivity index (χ4n) is 0.750. The lowest BCUT2D eigenvalue weighted by Crippen LogP contribution is -1.87.